The zero-order valence-corrected chi connectivity index (χ0v) is 16.5. The molecule has 10 heteroatoms. The van der Waals surface area contributed by atoms with Crippen LogP contribution in [0.1, 0.15) is 29.5 Å². The van der Waals surface area contributed by atoms with Gasteiger partial charge in [-0.25, -0.2) is 19.9 Å². The van der Waals surface area contributed by atoms with E-state index in [9.17, 15) is 4.79 Å². The zero-order valence-electron chi connectivity index (χ0n) is 15.7. The Morgan fingerprint density at radius 2 is 2.18 bits per heavy atom. The molecule has 0 aliphatic carbocycles. The van der Waals surface area contributed by atoms with Crippen molar-refractivity contribution >= 4 is 28.7 Å². The Balaban J connectivity index is 1.68. The van der Waals surface area contributed by atoms with Crippen molar-refractivity contribution < 1.29 is 14.3 Å². The summed E-state index contributed by atoms with van der Waals surface area (Å²) in [6.45, 7) is 2.79. The van der Waals surface area contributed by atoms with E-state index in [0.717, 1.165) is 17.9 Å². The van der Waals surface area contributed by atoms with Crippen LogP contribution in [-0.2, 0) is 10.3 Å². The number of amides is 1. The SMILES string of the molecule is COCCOc1cnc(C(=O)Nc2cccc([C@]3(C)CCSC(N)=N3)n2)cn1. The van der Waals surface area contributed by atoms with E-state index in [1.54, 1.807) is 13.2 Å². The summed E-state index contributed by atoms with van der Waals surface area (Å²) < 4.78 is 10.2. The van der Waals surface area contributed by atoms with E-state index in [-0.39, 0.29) is 5.69 Å². The van der Waals surface area contributed by atoms with Crippen LogP contribution in [0.25, 0.3) is 0 Å². The molecule has 3 N–H and O–H groups in total. The molecule has 1 aliphatic rings. The number of pyridine rings is 1. The van der Waals surface area contributed by atoms with Gasteiger partial charge in [0.25, 0.3) is 5.91 Å². The minimum Gasteiger partial charge on any atom is -0.474 e. The van der Waals surface area contributed by atoms with Crippen LogP contribution in [0.15, 0.2) is 35.6 Å². The maximum Gasteiger partial charge on any atom is 0.277 e. The van der Waals surface area contributed by atoms with Crippen molar-refractivity contribution in [1.29, 1.82) is 0 Å². The molecular formula is C18H22N6O3S. The van der Waals surface area contributed by atoms with Crippen molar-refractivity contribution in [3.63, 3.8) is 0 Å². The van der Waals surface area contributed by atoms with Crippen molar-refractivity contribution in [3.8, 4) is 5.88 Å². The number of hydrogen-bond donors (Lipinski definition) is 2. The van der Waals surface area contributed by atoms with Gasteiger partial charge in [0.15, 0.2) is 5.17 Å². The zero-order chi connectivity index (χ0) is 20.0. The smallest absolute Gasteiger partial charge is 0.277 e. The molecule has 1 atom stereocenters. The molecule has 0 radical (unpaired) electrons. The van der Waals surface area contributed by atoms with Gasteiger partial charge in [-0.3, -0.25) is 4.79 Å². The third kappa shape index (κ3) is 4.96. The maximum absolute atomic E-state index is 12.4. The van der Waals surface area contributed by atoms with Crippen molar-refractivity contribution in [2.24, 2.45) is 10.7 Å². The topological polar surface area (TPSA) is 125 Å². The summed E-state index contributed by atoms with van der Waals surface area (Å²) in [5.74, 6) is 1.21. The molecule has 2 aromatic heterocycles. The summed E-state index contributed by atoms with van der Waals surface area (Å²) in [5, 5.41) is 3.29. The van der Waals surface area contributed by atoms with Crippen LogP contribution in [0, 0.1) is 0 Å². The van der Waals surface area contributed by atoms with E-state index in [0.29, 0.717) is 30.1 Å². The fourth-order valence-electron chi connectivity index (χ4n) is 2.59. The Morgan fingerprint density at radius 3 is 2.89 bits per heavy atom. The molecule has 0 saturated heterocycles. The monoisotopic (exact) mass is 402 g/mol. The van der Waals surface area contributed by atoms with Crippen LogP contribution < -0.4 is 15.8 Å². The van der Waals surface area contributed by atoms with Gasteiger partial charge in [0.1, 0.15) is 23.7 Å². The molecule has 3 heterocycles. The van der Waals surface area contributed by atoms with Gasteiger partial charge in [-0.05, 0) is 25.5 Å². The first-order valence-corrected chi connectivity index (χ1v) is 9.69. The first-order valence-electron chi connectivity index (χ1n) is 8.71. The lowest BCUT2D eigenvalue weighted by molar-refractivity contribution is 0.102. The molecule has 0 fully saturated rings. The highest BCUT2D eigenvalue weighted by Gasteiger charge is 2.31. The predicted molar refractivity (Wildman–Crippen MR) is 108 cm³/mol. The summed E-state index contributed by atoms with van der Waals surface area (Å²) >= 11 is 1.53. The van der Waals surface area contributed by atoms with Crippen molar-refractivity contribution in [1.82, 2.24) is 15.0 Å². The van der Waals surface area contributed by atoms with Crippen molar-refractivity contribution in [3.05, 3.63) is 42.0 Å². The number of nitrogens with zero attached hydrogens (tertiary/aromatic N) is 4. The number of nitrogens with one attached hydrogen (secondary N) is 1. The number of amidine groups is 1. The Bertz CT molecular complexity index is 861. The number of nitrogens with two attached hydrogens (primary N) is 1. The van der Waals surface area contributed by atoms with Crippen LogP contribution in [0.5, 0.6) is 5.88 Å². The highest BCUT2D eigenvalue weighted by atomic mass is 32.2. The molecule has 9 nitrogen and oxygen atoms in total. The van der Waals surface area contributed by atoms with E-state index in [1.165, 1.54) is 24.2 Å². The average molecular weight is 402 g/mol. The van der Waals surface area contributed by atoms with Gasteiger partial charge in [-0.15, -0.1) is 0 Å². The Morgan fingerprint density at radius 1 is 1.32 bits per heavy atom. The lowest BCUT2D eigenvalue weighted by Crippen LogP contribution is -2.30. The van der Waals surface area contributed by atoms with Gasteiger partial charge in [-0.2, -0.15) is 0 Å². The molecule has 0 unspecified atom stereocenters. The number of thioether (sulfide) groups is 1. The third-order valence-electron chi connectivity index (χ3n) is 4.14. The van der Waals surface area contributed by atoms with E-state index in [1.807, 2.05) is 19.1 Å². The van der Waals surface area contributed by atoms with Gasteiger partial charge >= 0.3 is 0 Å². The average Bonchev–Trinajstić information content (AvgIpc) is 2.69. The van der Waals surface area contributed by atoms with E-state index < -0.39 is 11.4 Å². The lowest BCUT2D eigenvalue weighted by atomic mass is 9.94. The minimum absolute atomic E-state index is 0.161. The van der Waals surface area contributed by atoms with Gasteiger partial charge < -0.3 is 20.5 Å². The highest BCUT2D eigenvalue weighted by molar-refractivity contribution is 8.13. The fourth-order valence-corrected chi connectivity index (χ4v) is 3.57. The largest absolute Gasteiger partial charge is 0.474 e. The maximum atomic E-state index is 12.4. The summed E-state index contributed by atoms with van der Waals surface area (Å²) in [7, 11) is 1.58. The molecule has 3 rings (SSSR count). The first kappa shape index (κ1) is 20.0. The Labute approximate surface area is 167 Å². The number of hydrogen-bond acceptors (Lipinski definition) is 9. The quantitative estimate of drug-likeness (QED) is 0.672. The molecule has 148 valence electrons. The molecule has 1 aliphatic heterocycles. The van der Waals surface area contributed by atoms with Gasteiger partial charge in [0, 0.05) is 12.9 Å². The highest BCUT2D eigenvalue weighted by Crippen LogP contribution is 2.34. The van der Waals surface area contributed by atoms with Gasteiger partial charge in [0.2, 0.25) is 5.88 Å². The second kappa shape index (κ2) is 8.98. The van der Waals surface area contributed by atoms with Crippen LogP contribution in [-0.4, -0.2) is 52.1 Å². The summed E-state index contributed by atoms with van der Waals surface area (Å²) in [6.07, 6.45) is 3.57. The van der Waals surface area contributed by atoms with Crippen LogP contribution in [0.2, 0.25) is 0 Å². The second-order valence-electron chi connectivity index (χ2n) is 6.27. The molecule has 28 heavy (non-hydrogen) atoms. The Hall–Kier alpha value is -2.72. The van der Waals surface area contributed by atoms with E-state index in [4.69, 9.17) is 15.2 Å². The number of aromatic nitrogens is 3. The number of carbonyl (C=O) groups is 1. The minimum atomic E-state index is -0.503. The molecule has 0 bridgehead atoms. The molecular weight excluding hydrogens is 380 g/mol. The molecule has 1 amide bonds. The van der Waals surface area contributed by atoms with E-state index in [2.05, 4.69) is 25.3 Å². The van der Waals surface area contributed by atoms with Crippen LogP contribution >= 0.6 is 11.8 Å². The summed E-state index contributed by atoms with van der Waals surface area (Å²) in [4.78, 5) is 29.7. The normalized spacial score (nSPS) is 19.0. The number of aliphatic imine (C=N–C) groups is 1. The summed E-state index contributed by atoms with van der Waals surface area (Å²) in [6, 6.07) is 5.43. The van der Waals surface area contributed by atoms with Crippen molar-refractivity contribution in [2.75, 3.05) is 31.4 Å². The van der Waals surface area contributed by atoms with Crippen LogP contribution in [0.4, 0.5) is 5.82 Å². The van der Waals surface area contributed by atoms with Gasteiger partial charge in [0.05, 0.1) is 24.7 Å². The molecule has 0 spiro atoms. The number of anilines is 1. The molecule has 0 saturated carbocycles. The number of methoxy groups -OCH3 is 1. The number of ether oxygens (including phenoxy) is 2. The summed E-state index contributed by atoms with van der Waals surface area (Å²) in [5.41, 5.74) is 6.29. The van der Waals surface area contributed by atoms with Gasteiger partial charge in [-0.1, -0.05) is 17.8 Å². The molecule has 0 aromatic carbocycles. The number of rotatable bonds is 7. The second-order valence-corrected chi connectivity index (χ2v) is 7.38. The predicted octanol–water partition coefficient (Wildman–Crippen LogP) is 1.82. The standard InChI is InChI=1S/C18H22N6O3S/c1-18(6-9-28-17(19)24-18)13-4-3-5-14(22-13)23-16(25)12-10-21-15(11-20-12)27-8-7-26-2/h3-5,10-11H,6-9H2,1-2H3,(H2,19,24)(H,22,23,25)/t18-/m0/s1. The molecule has 2 aromatic rings. The first-order chi connectivity index (χ1) is 13.5. The van der Waals surface area contributed by atoms with E-state index >= 15 is 0 Å². The Kier molecular flexibility index (Phi) is 6.42. The fraction of sp³-hybridized carbons (Fsp3) is 0.389. The third-order valence-corrected chi connectivity index (χ3v) is 4.93. The van der Waals surface area contributed by atoms with Crippen LogP contribution in [0.3, 0.4) is 0 Å². The number of carbonyl (C=O) groups excluding carboxylic acids is 1. The van der Waals surface area contributed by atoms with Crippen molar-refractivity contribution in [2.45, 2.75) is 18.9 Å². The lowest BCUT2D eigenvalue weighted by Gasteiger charge is -2.28.